The second kappa shape index (κ2) is 15.6. The van der Waals surface area contributed by atoms with Crippen molar-refractivity contribution in [2.24, 2.45) is 23.7 Å². The molecule has 1 heterocycles. The molecule has 10 heteroatoms. The van der Waals surface area contributed by atoms with Crippen molar-refractivity contribution in [1.82, 2.24) is 20.9 Å². The average Bonchev–Trinajstić information content (AvgIpc) is 3.55. The zero-order chi connectivity index (χ0) is 36.1. The number of fused-ring (bicyclic) bond motifs is 1. The van der Waals surface area contributed by atoms with Crippen molar-refractivity contribution in [2.45, 2.75) is 76.0 Å². The van der Waals surface area contributed by atoms with Gasteiger partial charge in [0, 0.05) is 36.6 Å². The van der Waals surface area contributed by atoms with Crippen LogP contribution in [-0.2, 0) is 36.9 Å². The van der Waals surface area contributed by atoms with Crippen molar-refractivity contribution in [1.29, 1.82) is 0 Å². The number of amides is 3. The van der Waals surface area contributed by atoms with Crippen molar-refractivity contribution >= 4 is 34.8 Å². The molecule has 1 aromatic heterocycles. The summed E-state index contributed by atoms with van der Waals surface area (Å²) in [5.41, 5.74) is 2.00. The maximum absolute atomic E-state index is 14.3. The number of nitrogens with one attached hydrogen (secondary N) is 4. The van der Waals surface area contributed by atoms with Crippen LogP contribution in [0, 0.1) is 23.7 Å². The molecular weight excluding hydrogens is 656 g/mol. The van der Waals surface area contributed by atoms with Crippen LogP contribution in [0.25, 0.3) is 10.9 Å². The number of alkyl carbamates (subject to hydrolysis) is 1. The molecule has 3 amide bonds. The first kappa shape index (κ1) is 35.3. The van der Waals surface area contributed by atoms with Gasteiger partial charge in [-0.05, 0) is 85.5 Å². The number of aromatic amines is 1. The molecule has 4 fully saturated rings. The van der Waals surface area contributed by atoms with Crippen molar-refractivity contribution in [3.05, 3.63) is 108 Å². The van der Waals surface area contributed by atoms with Gasteiger partial charge in [-0.3, -0.25) is 14.4 Å². The fourth-order valence-corrected chi connectivity index (χ4v) is 8.94. The number of ether oxygens (including phenoxy) is 2. The van der Waals surface area contributed by atoms with Gasteiger partial charge in [-0.2, -0.15) is 0 Å². The lowest BCUT2D eigenvalue weighted by Gasteiger charge is -2.53. The molecule has 0 radical (unpaired) electrons. The van der Waals surface area contributed by atoms with Crippen LogP contribution in [0.15, 0.2) is 91.1 Å². The zero-order valence-corrected chi connectivity index (χ0v) is 29.6. The van der Waals surface area contributed by atoms with E-state index in [0.717, 1.165) is 59.5 Å². The van der Waals surface area contributed by atoms with E-state index in [9.17, 15) is 19.2 Å². The van der Waals surface area contributed by atoms with E-state index in [1.54, 1.807) is 6.92 Å². The number of rotatable bonds is 14. The van der Waals surface area contributed by atoms with Crippen molar-refractivity contribution in [3.63, 3.8) is 0 Å². The third-order valence-corrected chi connectivity index (χ3v) is 11.3. The highest BCUT2D eigenvalue weighted by molar-refractivity contribution is 5.92. The molecule has 0 spiro atoms. The van der Waals surface area contributed by atoms with Crippen molar-refractivity contribution in [3.8, 4) is 0 Å². The summed E-state index contributed by atoms with van der Waals surface area (Å²) >= 11 is 0. The molecule has 0 aliphatic heterocycles. The Morgan fingerprint density at radius 2 is 1.48 bits per heavy atom. The highest BCUT2D eigenvalue weighted by atomic mass is 16.6. The smallest absolute Gasteiger partial charge is 0.408 e. The lowest BCUT2D eigenvalue weighted by molar-refractivity contribution is -0.144. The molecule has 52 heavy (non-hydrogen) atoms. The molecule has 4 saturated carbocycles. The number of hydrogen-bond acceptors (Lipinski definition) is 6. The van der Waals surface area contributed by atoms with E-state index in [2.05, 4.69) is 20.9 Å². The number of hydrogen-bond donors (Lipinski definition) is 4. The third kappa shape index (κ3) is 8.16. The van der Waals surface area contributed by atoms with Gasteiger partial charge in [0.1, 0.15) is 18.2 Å². The summed E-state index contributed by atoms with van der Waals surface area (Å²) in [5.74, 6) is 0.306. The average molecular weight is 705 g/mol. The Labute approximate surface area is 304 Å². The molecule has 4 bridgehead atoms. The Morgan fingerprint density at radius 3 is 2.19 bits per heavy atom. The Bertz CT molecular complexity index is 1850. The quantitative estimate of drug-likeness (QED) is 0.116. The Balaban J connectivity index is 1.02. The van der Waals surface area contributed by atoms with Crippen LogP contribution in [0.3, 0.4) is 0 Å². The monoisotopic (exact) mass is 704 g/mol. The van der Waals surface area contributed by atoms with Crippen LogP contribution in [0.1, 0.15) is 68.1 Å². The van der Waals surface area contributed by atoms with Gasteiger partial charge < -0.3 is 30.4 Å². The number of carbonyl (C=O) groups excluding carboxylic acids is 4. The zero-order valence-electron chi connectivity index (χ0n) is 29.6. The summed E-state index contributed by atoms with van der Waals surface area (Å²) in [6, 6.07) is 26.4. The molecule has 4 N–H and O–H groups in total. The molecule has 4 aliphatic rings. The van der Waals surface area contributed by atoms with E-state index < -0.39 is 29.4 Å². The van der Waals surface area contributed by atoms with E-state index in [0.29, 0.717) is 17.4 Å². The number of benzene rings is 3. The second-order valence-electron chi connectivity index (χ2n) is 15.2. The fraction of sp³-hybridized carbons (Fsp3) is 0.429. The van der Waals surface area contributed by atoms with Crippen LogP contribution < -0.4 is 16.0 Å². The van der Waals surface area contributed by atoms with Gasteiger partial charge in [0.2, 0.25) is 11.8 Å². The van der Waals surface area contributed by atoms with E-state index in [-0.39, 0.29) is 44.5 Å². The molecule has 10 nitrogen and oxygen atoms in total. The lowest BCUT2D eigenvalue weighted by atomic mass is 9.55. The van der Waals surface area contributed by atoms with Crippen LogP contribution in [0.4, 0.5) is 4.79 Å². The van der Waals surface area contributed by atoms with Gasteiger partial charge in [-0.15, -0.1) is 0 Å². The van der Waals surface area contributed by atoms with Crippen LogP contribution in [0.5, 0.6) is 0 Å². The highest BCUT2D eigenvalue weighted by Gasteiger charge is 2.50. The molecule has 4 aliphatic carbocycles. The van der Waals surface area contributed by atoms with Gasteiger partial charge in [0.05, 0.1) is 12.3 Å². The first-order chi connectivity index (χ1) is 25.2. The Morgan fingerprint density at radius 1 is 0.827 bits per heavy atom. The standard InChI is InChI=1S/C42H48N4O6/c1-42(23-33-24-44-36-15-9-8-14-34(33)36,46-41(50)52-38-31-19-28-18-29(21-31)22-32(38)20-28)40(49)45-25-35(30-12-6-3-7-13-30)39(48)43-17-16-37(47)51-26-27-10-4-2-5-11-27/h2-15,24,28-29,31-32,35,38,44H,16-23,25-26H2,1H3,(H,43,48)(H,45,49)(H,46,50)/t28?,29?,31?,32?,35?,38?,42-/m1/s1. The van der Waals surface area contributed by atoms with Gasteiger partial charge in [0.25, 0.3) is 0 Å². The minimum atomic E-state index is -1.39. The predicted octanol–water partition coefficient (Wildman–Crippen LogP) is 6.17. The fourth-order valence-electron chi connectivity index (χ4n) is 8.94. The summed E-state index contributed by atoms with van der Waals surface area (Å²) in [6.45, 7) is 1.93. The van der Waals surface area contributed by atoms with E-state index in [1.165, 1.54) is 6.42 Å². The first-order valence-electron chi connectivity index (χ1n) is 18.6. The third-order valence-electron chi connectivity index (χ3n) is 11.3. The summed E-state index contributed by atoms with van der Waals surface area (Å²) in [6.07, 6.45) is 7.08. The SMILES string of the molecule is C[C@](Cc1c[nH]c2ccccc12)(NC(=O)OC1C2CC3CC(C2)CC1C3)C(=O)NCC(C(=O)NCCC(=O)OCc1ccccc1)c1ccccc1. The molecule has 4 aromatic rings. The molecule has 1 unspecified atom stereocenters. The maximum atomic E-state index is 14.3. The molecule has 272 valence electrons. The van der Waals surface area contributed by atoms with Crippen molar-refractivity contribution in [2.75, 3.05) is 13.1 Å². The Kier molecular flexibility index (Phi) is 10.6. The number of aromatic nitrogens is 1. The Hall–Kier alpha value is -5.12. The topological polar surface area (TPSA) is 139 Å². The van der Waals surface area contributed by atoms with E-state index in [1.807, 2.05) is 91.1 Å². The number of esters is 1. The minimum absolute atomic E-state index is 0.00515. The minimum Gasteiger partial charge on any atom is -0.461 e. The summed E-state index contributed by atoms with van der Waals surface area (Å²) in [4.78, 5) is 57.2. The molecule has 3 aromatic carbocycles. The van der Waals surface area contributed by atoms with Crippen LogP contribution >= 0.6 is 0 Å². The first-order valence-corrected chi connectivity index (χ1v) is 18.6. The van der Waals surface area contributed by atoms with Gasteiger partial charge in [0.15, 0.2) is 0 Å². The second-order valence-corrected chi connectivity index (χ2v) is 15.2. The molecular formula is C42H48N4O6. The van der Waals surface area contributed by atoms with Crippen LogP contribution in [-0.4, -0.2) is 53.6 Å². The summed E-state index contributed by atoms with van der Waals surface area (Å²) in [7, 11) is 0. The number of carbonyl (C=O) groups is 4. The predicted molar refractivity (Wildman–Crippen MR) is 197 cm³/mol. The van der Waals surface area contributed by atoms with Crippen molar-refractivity contribution < 1.29 is 28.7 Å². The van der Waals surface area contributed by atoms with E-state index in [4.69, 9.17) is 9.47 Å². The van der Waals surface area contributed by atoms with Crippen LogP contribution in [0.2, 0.25) is 0 Å². The molecule has 0 saturated heterocycles. The number of para-hydroxylation sites is 1. The lowest BCUT2D eigenvalue weighted by Crippen LogP contribution is -2.60. The molecule has 2 atom stereocenters. The normalized spacial score (nSPS) is 23.3. The maximum Gasteiger partial charge on any atom is 0.408 e. The highest BCUT2D eigenvalue weighted by Crippen LogP contribution is 2.54. The number of H-pyrrole nitrogens is 1. The molecule has 8 rings (SSSR count). The van der Waals surface area contributed by atoms with E-state index >= 15 is 0 Å². The van der Waals surface area contributed by atoms with Gasteiger partial charge >= 0.3 is 12.1 Å². The summed E-state index contributed by atoms with van der Waals surface area (Å²) in [5, 5.41) is 9.78. The largest absolute Gasteiger partial charge is 0.461 e. The summed E-state index contributed by atoms with van der Waals surface area (Å²) < 4.78 is 11.5. The van der Waals surface area contributed by atoms with Gasteiger partial charge in [-0.25, -0.2) is 4.79 Å². The van der Waals surface area contributed by atoms with Gasteiger partial charge in [-0.1, -0.05) is 78.9 Å².